The quantitative estimate of drug-likeness (QED) is 0.537. The summed E-state index contributed by atoms with van der Waals surface area (Å²) in [5.41, 5.74) is 3.72. The molecule has 0 saturated carbocycles. The van der Waals surface area contributed by atoms with E-state index in [9.17, 15) is 14.0 Å². The summed E-state index contributed by atoms with van der Waals surface area (Å²) in [4.78, 5) is 30.7. The summed E-state index contributed by atoms with van der Waals surface area (Å²) in [5.74, 6) is -0.451. The van der Waals surface area contributed by atoms with Crippen LogP contribution in [0, 0.1) is 5.82 Å². The van der Waals surface area contributed by atoms with Crippen LogP contribution in [0.2, 0.25) is 0 Å². The Balaban J connectivity index is 1.63. The molecule has 2 amide bonds. The van der Waals surface area contributed by atoms with Crippen LogP contribution < -0.4 is 14.4 Å². The number of halogens is 1. The summed E-state index contributed by atoms with van der Waals surface area (Å²) in [6.45, 7) is 1.09. The molecule has 0 saturated heterocycles. The number of hydrogen-bond donors (Lipinski definition) is 0. The lowest BCUT2D eigenvalue weighted by atomic mass is 9.98. The molecular formula is C27H23FN2O4. The lowest BCUT2D eigenvalue weighted by molar-refractivity contribution is -0.120. The van der Waals surface area contributed by atoms with Gasteiger partial charge in [-0.2, -0.15) is 0 Å². The van der Waals surface area contributed by atoms with Gasteiger partial charge in [-0.1, -0.05) is 36.4 Å². The number of imide groups is 1. The smallest absolute Gasteiger partial charge is 0.282 e. The van der Waals surface area contributed by atoms with Crippen LogP contribution >= 0.6 is 0 Å². The fraction of sp³-hybridized carbons (Fsp3) is 0.185. The number of amides is 2. The third kappa shape index (κ3) is 3.59. The molecule has 0 spiro atoms. The van der Waals surface area contributed by atoms with E-state index in [-0.39, 0.29) is 5.57 Å². The summed E-state index contributed by atoms with van der Waals surface area (Å²) in [6.07, 6.45) is 0.754. The summed E-state index contributed by atoms with van der Waals surface area (Å²) in [6, 6.07) is 18.7. The molecule has 6 nitrogen and oxygen atoms in total. The Hall–Kier alpha value is -4.13. The molecule has 0 aromatic heterocycles. The number of nitrogens with zero attached hydrogens (tertiary/aromatic N) is 2. The van der Waals surface area contributed by atoms with E-state index in [2.05, 4.69) is 6.07 Å². The molecule has 0 unspecified atom stereocenters. The zero-order chi connectivity index (χ0) is 23.8. The lowest BCUT2D eigenvalue weighted by Crippen LogP contribution is -2.37. The monoisotopic (exact) mass is 458 g/mol. The van der Waals surface area contributed by atoms with Crippen LogP contribution in [0.3, 0.4) is 0 Å². The molecule has 0 radical (unpaired) electrons. The Morgan fingerprint density at radius 3 is 2.29 bits per heavy atom. The van der Waals surface area contributed by atoms with Gasteiger partial charge in [-0.15, -0.1) is 0 Å². The first-order valence-corrected chi connectivity index (χ1v) is 10.9. The van der Waals surface area contributed by atoms with E-state index in [1.807, 2.05) is 23.1 Å². The minimum absolute atomic E-state index is 0.252. The first-order chi connectivity index (χ1) is 16.5. The summed E-state index contributed by atoms with van der Waals surface area (Å²) < 4.78 is 24.4. The van der Waals surface area contributed by atoms with Gasteiger partial charge in [0.1, 0.15) is 23.0 Å². The Morgan fingerprint density at radius 2 is 1.59 bits per heavy atom. The number of anilines is 1. The molecule has 0 fully saturated rings. The predicted octanol–water partition coefficient (Wildman–Crippen LogP) is 4.19. The van der Waals surface area contributed by atoms with E-state index in [0.717, 1.165) is 16.9 Å². The number of benzene rings is 3. The van der Waals surface area contributed by atoms with Gasteiger partial charge in [0, 0.05) is 19.2 Å². The summed E-state index contributed by atoms with van der Waals surface area (Å²) >= 11 is 0. The summed E-state index contributed by atoms with van der Waals surface area (Å²) in [7, 11) is 3.00. The first-order valence-electron chi connectivity index (χ1n) is 10.9. The fourth-order valence-electron chi connectivity index (χ4n) is 4.56. The van der Waals surface area contributed by atoms with Crippen LogP contribution in [0.15, 0.2) is 72.4 Å². The van der Waals surface area contributed by atoms with Gasteiger partial charge in [0.05, 0.1) is 25.5 Å². The SMILES string of the molecule is COc1ccc(N2C(=O)C(c3ccc(F)cc3)=C(N3CCc4ccccc4C3)C2=O)c(OC)c1. The van der Waals surface area contributed by atoms with Gasteiger partial charge >= 0.3 is 0 Å². The second-order valence-electron chi connectivity index (χ2n) is 8.15. The van der Waals surface area contributed by atoms with E-state index in [1.54, 1.807) is 18.2 Å². The molecule has 2 aliphatic heterocycles. The molecule has 34 heavy (non-hydrogen) atoms. The molecule has 0 N–H and O–H groups in total. The van der Waals surface area contributed by atoms with Gasteiger partial charge in [-0.05, 0) is 47.4 Å². The van der Waals surface area contributed by atoms with Gasteiger partial charge in [0.2, 0.25) is 0 Å². The van der Waals surface area contributed by atoms with Crippen molar-refractivity contribution in [1.82, 2.24) is 4.90 Å². The number of fused-ring (bicyclic) bond motifs is 1. The van der Waals surface area contributed by atoms with Crippen LogP contribution in [0.1, 0.15) is 16.7 Å². The zero-order valence-electron chi connectivity index (χ0n) is 18.9. The van der Waals surface area contributed by atoms with E-state index >= 15 is 0 Å². The maximum Gasteiger partial charge on any atom is 0.282 e. The van der Waals surface area contributed by atoms with Crippen molar-refractivity contribution in [2.45, 2.75) is 13.0 Å². The van der Waals surface area contributed by atoms with E-state index in [1.165, 1.54) is 44.0 Å². The average molecular weight is 458 g/mol. The Labute approximate surface area is 196 Å². The minimum Gasteiger partial charge on any atom is -0.497 e. The number of hydrogen-bond acceptors (Lipinski definition) is 5. The van der Waals surface area contributed by atoms with Gasteiger partial charge in [-0.25, -0.2) is 9.29 Å². The normalized spacial score (nSPS) is 15.6. The van der Waals surface area contributed by atoms with Crippen molar-refractivity contribution in [1.29, 1.82) is 0 Å². The largest absolute Gasteiger partial charge is 0.497 e. The Kier molecular flexibility index (Phi) is 5.53. The second-order valence-corrected chi connectivity index (χ2v) is 8.15. The number of carbonyl (C=O) groups is 2. The van der Waals surface area contributed by atoms with E-state index in [0.29, 0.717) is 41.5 Å². The number of ether oxygens (including phenoxy) is 2. The summed E-state index contributed by atoms with van der Waals surface area (Å²) in [5, 5.41) is 0. The molecule has 7 heteroatoms. The second kappa shape index (κ2) is 8.67. The number of methoxy groups -OCH3 is 2. The average Bonchev–Trinajstić information content (AvgIpc) is 3.13. The minimum atomic E-state index is -0.478. The fourth-order valence-corrected chi connectivity index (χ4v) is 4.56. The molecule has 0 aliphatic carbocycles. The van der Waals surface area contributed by atoms with Crippen LogP contribution in [-0.4, -0.2) is 37.5 Å². The lowest BCUT2D eigenvalue weighted by Gasteiger charge is -2.31. The topological polar surface area (TPSA) is 59.1 Å². The zero-order valence-corrected chi connectivity index (χ0v) is 18.9. The number of rotatable bonds is 5. The first kappa shape index (κ1) is 21.7. The van der Waals surface area contributed by atoms with Crippen molar-refractivity contribution in [3.8, 4) is 11.5 Å². The maximum absolute atomic E-state index is 13.8. The van der Waals surface area contributed by atoms with Gasteiger partial charge in [-0.3, -0.25) is 9.59 Å². The molecule has 3 aromatic rings. The van der Waals surface area contributed by atoms with Crippen molar-refractivity contribution in [2.24, 2.45) is 0 Å². The van der Waals surface area contributed by atoms with E-state index in [4.69, 9.17) is 9.47 Å². The van der Waals surface area contributed by atoms with Gasteiger partial charge in [0.25, 0.3) is 11.8 Å². The molecular weight excluding hydrogens is 435 g/mol. The van der Waals surface area contributed by atoms with Gasteiger partial charge in [0.15, 0.2) is 0 Å². The number of carbonyl (C=O) groups excluding carboxylic acids is 2. The predicted molar refractivity (Wildman–Crippen MR) is 126 cm³/mol. The van der Waals surface area contributed by atoms with Gasteiger partial charge < -0.3 is 14.4 Å². The van der Waals surface area contributed by atoms with Crippen molar-refractivity contribution < 1.29 is 23.5 Å². The highest BCUT2D eigenvalue weighted by atomic mass is 19.1. The third-order valence-corrected chi connectivity index (χ3v) is 6.27. The van der Waals surface area contributed by atoms with Crippen LogP contribution in [-0.2, 0) is 22.6 Å². The standard InChI is InChI=1S/C27H23FN2O4/c1-33-21-11-12-22(23(15-21)34-2)30-26(31)24(18-7-9-20(28)10-8-18)25(27(30)32)29-14-13-17-5-3-4-6-19(17)16-29/h3-12,15H,13-14,16H2,1-2H3. The van der Waals surface area contributed by atoms with Crippen LogP contribution in [0.4, 0.5) is 10.1 Å². The Bertz CT molecular complexity index is 1320. The highest BCUT2D eigenvalue weighted by Gasteiger charge is 2.44. The van der Waals surface area contributed by atoms with Crippen molar-refractivity contribution in [3.05, 3.63) is 94.9 Å². The highest BCUT2D eigenvalue weighted by Crippen LogP contribution is 2.41. The van der Waals surface area contributed by atoms with Crippen LogP contribution in [0.5, 0.6) is 11.5 Å². The molecule has 2 aliphatic rings. The highest BCUT2D eigenvalue weighted by molar-refractivity contribution is 6.45. The molecule has 0 bridgehead atoms. The van der Waals surface area contributed by atoms with Crippen molar-refractivity contribution >= 4 is 23.1 Å². The molecule has 2 heterocycles. The molecule has 3 aromatic carbocycles. The van der Waals surface area contributed by atoms with Crippen LogP contribution in [0.25, 0.3) is 5.57 Å². The van der Waals surface area contributed by atoms with E-state index < -0.39 is 17.6 Å². The maximum atomic E-state index is 13.8. The molecule has 0 atom stereocenters. The van der Waals surface area contributed by atoms with Crippen molar-refractivity contribution in [3.63, 3.8) is 0 Å². The third-order valence-electron chi connectivity index (χ3n) is 6.27. The Morgan fingerprint density at radius 1 is 0.853 bits per heavy atom. The molecule has 5 rings (SSSR count). The van der Waals surface area contributed by atoms with Crippen molar-refractivity contribution in [2.75, 3.05) is 25.7 Å². The molecule has 172 valence electrons.